The highest BCUT2D eigenvalue weighted by molar-refractivity contribution is 6.04. The molecule has 1 aliphatic carbocycles. The first kappa shape index (κ1) is 17.3. The molecule has 2 amide bonds. The Morgan fingerprint density at radius 3 is 1.74 bits per heavy atom. The lowest BCUT2D eigenvalue weighted by atomic mass is 9.53. The second-order valence-corrected chi connectivity index (χ2v) is 6.91. The van der Waals surface area contributed by atoms with Crippen LogP contribution < -0.4 is 0 Å². The molecule has 0 aromatic heterocycles. The molecular formula is C16H24N2O5. The maximum atomic E-state index is 13.2. The third-order valence-electron chi connectivity index (χ3n) is 5.99. The summed E-state index contributed by atoms with van der Waals surface area (Å²) in [5.74, 6) is -0.138. The summed E-state index contributed by atoms with van der Waals surface area (Å²) in [6, 6.07) is 0. The molecule has 2 atom stereocenters. The highest BCUT2D eigenvalue weighted by atomic mass is 16.6. The largest absolute Gasteiger partial charge is 0.451 e. The van der Waals surface area contributed by atoms with Crippen LogP contribution in [0, 0.1) is 5.41 Å². The highest BCUT2D eigenvalue weighted by Crippen LogP contribution is 2.58. The number of carbonyl (C=O) groups excluding carboxylic acids is 3. The second-order valence-electron chi connectivity index (χ2n) is 6.91. The molecule has 128 valence electrons. The van der Waals surface area contributed by atoms with Crippen molar-refractivity contribution in [2.45, 2.75) is 52.6 Å². The van der Waals surface area contributed by atoms with Crippen LogP contribution in [0.2, 0.25) is 0 Å². The lowest BCUT2D eigenvalue weighted by molar-refractivity contribution is -0.197. The fourth-order valence-electron chi connectivity index (χ4n) is 3.98. The van der Waals surface area contributed by atoms with Gasteiger partial charge >= 0.3 is 12.2 Å². The van der Waals surface area contributed by atoms with Gasteiger partial charge in [0.1, 0.15) is 5.54 Å². The topological polar surface area (TPSA) is 76.2 Å². The molecule has 3 aliphatic rings. The Morgan fingerprint density at radius 1 is 0.870 bits per heavy atom. The SMILES string of the molecule is COC(=O)N1N(C(=O)OC)C2(C)C(C)=C(C)C1(C)C(=O)C2(C)C. The molecule has 1 saturated heterocycles. The normalized spacial score (nSPS) is 32.3. The number of ether oxygens (including phenoxy) is 2. The quantitative estimate of drug-likeness (QED) is 0.640. The van der Waals surface area contributed by atoms with Gasteiger partial charge in [0.25, 0.3) is 0 Å². The van der Waals surface area contributed by atoms with E-state index in [0.717, 1.165) is 16.2 Å². The van der Waals surface area contributed by atoms with Gasteiger partial charge in [0, 0.05) is 0 Å². The van der Waals surface area contributed by atoms with Gasteiger partial charge < -0.3 is 9.47 Å². The van der Waals surface area contributed by atoms with Gasteiger partial charge in [-0.1, -0.05) is 13.8 Å². The lowest BCUT2D eigenvalue weighted by Gasteiger charge is -2.67. The molecule has 2 unspecified atom stereocenters. The van der Waals surface area contributed by atoms with Gasteiger partial charge in [0.15, 0.2) is 5.78 Å². The van der Waals surface area contributed by atoms with E-state index in [1.54, 1.807) is 27.7 Å². The van der Waals surface area contributed by atoms with Crippen LogP contribution in [0.25, 0.3) is 0 Å². The number of fused-ring (bicyclic) bond motifs is 2. The smallest absolute Gasteiger partial charge is 0.429 e. The summed E-state index contributed by atoms with van der Waals surface area (Å²) in [7, 11) is 2.46. The van der Waals surface area contributed by atoms with E-state index in [1.807, 2.05) is 13.8 Å². The summed E-state index contributed by atoms with van der Waals surface area (Å²) in [5.41, 5.74) is -1.62. The van der Waals surface area contributed by atoms with Gasteiger partial charge in [-0.25, -0.2) is 14.6 Å². The molecule has 0 saturated carbocycles. The fourth-order valence-corrected chi connectivity index (χ4v) is 3.98. The minimum atomic E-state index is -1.30. The molecule has 3 rings (SSSR count). The molecule has 2 aliphatic heterocycles. The van der Waals surface area contributed by atoms with Gasteiger partial charge in [-0.3, -0.25) is 4.79 Å². The number of hydrogen-bond acceptors (Lipinski definition) is 5. The van der Waals surface area contributed by atoms with Crippen molar-refractivity contribution < 1.29 is 23.9 Å². The van der Waals surface area contributed by atoms with Crippen LogP contribution in [-0.2, 0) is 14.3 Å². The molecule has 1 fully saturated rings. The zero-order valence-corrected chi connectivity index (χ0v) is 14.9. The van der Waals surface area contributed by atoms with Crippen molar-refractivity contribution in [1.29, 1.82) is 0 Å². The van der Waals surface area contributed by atoms with Gasteiger partial charge in [-0.15, -0.1) is 0 Å². The predicted octanol–water partition coefficient (Wildman–Crippen LogP) is 2.51. The summed E-state index contributed by atoms with van der Waals surface area (Å²) in [4.78, 5) is 38.1. The molecule has 0 N–H and O–H groups in total. The highest BCUT2D eigenvalue weighted by Gasteiger charge is 2.72. The van der Waals surface area contributed by atoms with Crippen LogP contribution in [0.5, 0.6) is 0 Å². The van der Waals surface area contributed by atoms with Gasteiger partial charge in [-0.05, 0) is 38.8 Å². The van der Waals surface area contributed by atoms with E-state index in [1.165, 1.54) is 19.2 Å². The van der Waals surface area contributed by atoms with Crippen LogP contribution >= 0.6 is 0 Å². The number of rotatable bonds is 0. The van der Waals surface area contributed by atoms with E-state index < -0.39 is 28.7 Å². The zero-order valence-electron chi connectivity index (χ0n) is 14.9. The van der Waals surface area contributed by atoms with Crippen molar-refractivity contribution >= 4 is 18.0 Å². The van der Waals surface area contributed by atoms with E-state index in [4.69, 9.17) is 9.47 Å². The van der Waals surface area contributed by atoms with Crippen molar-refractivity contribution in [3.8, 4) is 0 Å². The zero-order chi connectivity index (χ0) is 18.0. The summed E-state index contributed by atoms with van der Waals surface area (Å²) in [6.45, 7) is 10.7. The van der Waals surface area contributed by atoms with E-state index >= 15 is 0 Å². The van der Waals surface area contributed by atoms with Crippen LogP contribution in [0.4, 0.5) is 9.59 Å². The van der Waals surface area contributed by atoms with Gasteiger partial charge in [0.2, 0.25) is 0 Å². The molecule has 0 radical (unpaired) electrons. The van der Waals surface area contributed by atoms with E-state index in [9.17, 15) is 14.4 Å². The first-order valence-electron chi connectivity index (χ1n) is 7.43. The summed E-state index contributed by atoms with van der Waals surface area (Å²) >= 11 is 0. The molecule has 0 aromatic carbocycles. The summed E-state index contributed by atoms with van der Waals surface area (Å²) in [6.07, 6.45) is -1.49. The fraction of sp³-hybridized carbons (Fsp3) is 0.688. The summed E-state index contributed by atoms with van der Waals surface area (Å²) in [5, 5.41) is 2.32. The van der Waals surface area contributed by atoms with Crippen LogP contribution in [-0.4, -0.2) is 53.3 Å². The Morgan fingerprint density at radius 2 is 1.30 bits per heavy atom. The van der Waals surface area contributed by atoms with Gasteiger partial charge in [-0.2, -0.15) is 5.01 Å². The van der Waals surface area contributed by atoms with E-state index in [-0.39, 0.29) is 5.78 Å². The molecule has 7 nitrogen and oxygen atoms in total. The van der Waals surface area contributed by atoms with Crippen molar-refractivity contribution in [3.05, 3.63) is 11.1 Å². The minimum absolute atomic E-state index is 0.138. The first-order chi connectivity index (χ1) is 10.4. The lowest BCUT2D eigenvalue weighted by Crippen LogP contribution is -2.83. The molecule has 2 bridgehead atoms. The molecule has 2 heterocycles. The third kappa shape index (κ3) is 1.62. The maximum absolute atomic E-state index is 13.2. The average molecular weight is 324 g/mol. The number of amides is 2. The maximum Gasteiger partial charge on any atom is 0.429 e. The van der Waals surface area contributed by atoms with Gasteiger partial charge in [0.05, 0.1) is 25.2 Å². The number of ketones is 1. The van der Waals surface area contributed by atoms with E-state index in [2.05, 4.69) is 0 Å². The number of hydrazine groups is 1. The van der Waals surface area contributed by atoms with Crippen LogP contribution in [0.1, 0.15) is 41.5 Å². The number of Topliss-reactive ketones (excluding diaryl/α,β-unsaturated/α-hetero) is 1. The van der Waals surface area contributed by atoms with Crippen molar-refractivity contribution in [3.63, 3.8) is 0 Å². The summed E-state index contributed by atoms with van der Waals surface area (Å²) < 4.78 is 9.73. The second kappa shape index (κ2) is 4.72. The van der Waals surface area contributed by atoms with E-state index in [0.29, 0.717) is 0 Å². The molecule has 0 aromatic rings. The predicted molar refractivity (Wildman–Crippen MR) is 82.5 cm³/mol. The minimum Gasteiger partial charge on any atom is -0.451 e. The number of nitrogens with zero attached hydrogens (tertiary/aromatic N) is 2. The first-order valence-corrected chi connectivity index (χ1v) is 7.43. The molecular weight excluding hydrogens is 300 g/mol. The monoisotopic (exact) mass is 324 g/mol. The van der Waals surface area contributed by atoms with Crippen molar-refractivity contribution in [1.82, 2.24) is 10.0 Å². The van der Waals surface area contributed by atoms with Crippen molar-refractivity contribution in [2.24, 2.45) is 5.41 Å². The number of carbonyl (C=O) groups is 3. The molecule has 0 spiro atoms. The van der Waals surface area contributed by atoms with Crippen LogP contribution in [0.3, 0.4) is 0 Å². The molecule has 23 heavy (non-hydrogen) atoms. The third-order valence-corrected chi connectivity index (χ3v) is 5.99. The Balaban J connectivity index is 2.91. The Bertz CT molecular complexity index is 638. The average Bonchev–Trinajstić information content (AvgIpc) is 2.52. The van der Waals surface area contributed by atoms with Crippen LogP contribution in [0.15, 0.2) is 11.1 Å². The number of hydrogen-bond donors (Lipinski definition) is 0. The Kier molecular flexibility index (Phi) is 3.55. The standard InChI is InChI=1S/C16H24N2O5/c1-9-10(2)16(6)14(3,4)11(19)15(9,5)17(12(20)22-7)18(16)13(21)23-8/h1-8H3. The van der Waals surface area contributed by atoms with Crippen molar-refractivity contribution in [2.75, 3.05) is 14.2 Å². The Hall–Kier alpha value is -2.05. The number of methoxy groups -OCH3 is 2. The molecule has 7 heteroatoms. The Labute approximate surface area is 136 Å².